The molecule has 3 aromatic rings. The number of hydrogen-bond acceptors (Lipinski definition) is 7. The van der Waals surface area contributed by atoms with Crippen molar-refractivity contribution in [1.82, 2.24) is 25.1 Å². The van der Waals surface area contributed by atoms with Gasteiger partial charge in [0.25, 0.3) is 5.91 Å². The largest absolute Gasteiger partial charge is 0.496 e. The number of methoxy groups -OCH3 is 1. The number of aromatic nitrogens is 4. The topological polar surface area (TPSA) is 102 Å². The standard InChI is InChI=1S/C21H21ClN6O3S/c1-31-18-9-8-13(22)11-16(18)20(30)27-10-4-7-17(27)19(29)23-14-5-3-6-15(12-14)28-21(32-2)24-25-26-28/h3,5-6,8-9,11-12,17H,4,7,10H2,1-2H3,(H,23,29). The van der Waals surface area contributed by atoms with Crippen LogP contribution in [0.1, 0.15) is 23.2 Å². The number of carbonyl (C=O) groups excluding carboxylic acids is 2. The number of nitrogens with one attached hydrogen (secondary N) is 1. The van der Waals surface area contributed by atoms with Crippen LogP contribution in [0.2, 0.25) is 5.02 Å². The summed E-state index contributed by atoms with van der Waals surface area (Å²) >= 11 is 7.50. The Labute approximate surface area is 194 Å². The zero-order chi connectivity index (χ0) is 22.7. The Morgan fingerprint density at radius 1 is 1.25 bits per heavy atom. The number of benzene rings is 2. The molecule has 2 aromatic carbocycles. The summed E-state index contributed by atoms with van der Waals surface area (Å²) in [5, 5.41) is 15.6. The molecule has 32 heavy (non-hydrogen) atoms. The zero-order valence-electron chi connectivity index (χ0n) is 17.5. The molecule has 0 saturated carbocycles. The number of anilines is 1. The first-order valence-corrected chi connectivity index (χ1v) is 11.5. The van der Waals surface area contributed by atoms with Crippen molar-refractivity contribution in [2.75, 3.05) is 25.2 Å². The van der Waals surface area contributed by atoms with E-state index in [2.05, 4.69) is 20.8 Å². The fraction of sp³-hybridized carbons (Fsp3) is 0.286. The van der Waals surface area contributed by atoms with Crippen LogP contribution in [0.3, 0.4) is 0 Å². The highest BCUT2D eigenvalue weighted by atomic mass is 35.5. The quantitative estimate of drug-likeness (QED) is 0.549. The summed E-state index contributed by atoms with van der Waals surface area (Å²) in [6.07, 6.45) is 3.19. The van der Waals surface area contributed by atoms with E-state index in [1.807, 2.05) is 18.4 Å². The van der Waals surface area contributed by atoms with Crippen molar-refractivity contribution in [3.8, 4) is 11.4 Å². The predicted octanol–water partition coefficient (Wildman–Crippen LogP) is 3.29. The van der Waals surface area contributed by atoms with Crippen LogP contribution in [0.4, 0.5) is 5.69 Å². The van der Waals surface area contributed by atoms with Gasteiger partial charge in [-0.1, -0.05) is 29.4 Å². The first-order chi connectivity index (χ1) is 15.5. The molecule has 1 unspecified atom stereocenters. The second kappa shape index (κ2) is 9.58. The molecule has 1 N–H and O–H groups in total. The summed E-state index contributed by atoms with van der Waals surface area (Å²) < 4.78 is 6.91. The van der Waals surface area contributed by atoms with Crippen molar-refractivity contribution in [3.63, 3.8) is 0 Å². The molecular formula is C21H21ClN6O3S. The van der Waals surface area contributed by atoms with Crippen molar-refractivity contribution in [2.45, 2.75) is 24.0 Å². The van der Waals surface area contributed by atoms with Crippen LogP contribution < -0.4 is 10.1 Å². The molecule has 2 heterocycles. The van der Waals surface area contributed by atoms with Crippen LogP contribution in [-0.4, -0.2) is 62.9 Å². The number of nitrogens with zero attached hydrogens (tertiary/aromatic N) is 5. The first-order valence-electron chi connectivity index (χ1n) is 9.90. The lowest BCUT2D eigenvalue weighted by Gasteiger charge is -2.25. The van der Waals surface area contributed by atoms with Crippen LogP contribution in [0, 0.1) is 0 Å². The van der Waals surface area contributed by atoms with Gasteiger partial charge < -0.3 is 15.0 Å². The van der Waals surface area contributed by atoms with Gasteiger partial charge in [-0.15, -0.1) is 5.10 Å². The molecule has 1 fully saturated rings. The third-order valence-electron chi connectivity index (χ3n) is 5.19. The molecule has 1 aromatic heterocycles. The Kier molecular flexibility index (Phi) is 6.61. The molecule has 1 atom stereocenters. The maximum Gasteiger partial charge on any atom is 0.258 e. The number of thioether (sulfide) groups is 1. The Hall–Kier alpha value is -3.11. The van der Waals surface area contributed by atoms with Gasteiger partial charge in [0.2, 0.25) is 11.1 Å². The van der Waals surface area contributed by atoms with Gasteiger partial charge in [0, 0.05) is 17.3 Å². The second-order valence-electron chi connectivity index (χ2n) is 7.12. The van der Waals surface area contributed by atoms with E-state index >= 15 is 0 Å². The van der Waals surface area contributed by atoms with Gasteiger partial charge in [0.15, 0.2) is 0 Å². The average Bonchev–Trinajstić information content (AvgIpc) is 3.48. The van der Waals surface area contributed by atoms with Gasteiger partial charge in [-0.2, -0.15) is 4.68 Å². The number of ether oxygens (including phenoxy) is 1. The fourth-order valence-corrected chi connectivity index (χ4v) is 4.30. The third-order valence-corrected chi connectivity index (χ3v) is 6.04. The molecule has 1 saturated heterocycles. The summed E-state index contributed by atoms with van der Waals surface area (Å²) in [7, 11) is 1.49. The van der Waals surface area contributed by atoms with Gasteiger partial charge in [-0.25, -0.2) is 0 Å². The van der Waals surface area contributed by atoms with Gasteiger partial charge in [-0.3, -0.25) is 9.59 Å². The fourth-order valence-electron chi connectivity index (χ4n) is 3.69. The maximum absolute atomic E-state index is 13.2. The predicted molar refractivity (Wildman–Crippen MR) is 122 cm³/mol. The molecule has 0 bridgehead atoms. The lowest BCUT2D eigenvalue weighted by Crippen LogP contribution is -2.43. The molecule has 0 radical (unpaired) electrons. The number of hydrogen-bond donors (Lipinski definition) is 1. The van der Waals surface area contributed by atoms with Crippen LogP contribution in [0.15, 0.2) is 47.6 Å². The summed E-state index contributed by atoms with van der Waals surface area (Å²) in [4.78, 5) is 27.9. The Morgan fingerprint density at radius 3 is 2.88 bits per heavy atom. The lowest BCUT2D eigenvalue weighted by molar-refractivity contribution is -0.119. The van der Waals surface area contributed by atoms with Crippen molar-refractivity contribution in [3.05, 3.63) is 53.1 Å². The van der Waals surface area contributed by atoms with Crippen molar-refractivity contribution >= 4 is 40.9 Å². The third kappa shape index (κ3) is 4.42. The van der Waals surface area contributed by atoms with Gasteiger partial charge in [-0.05, 0) is 65.9 Å². The van der Waals surface area contributed by atoms with Crippen LogP contribution in [-0.2, 0) is 4.79 Å². The molecule has 1 aliphatic heterocycles. The van der Waals surface area contributed by atoms with E-state index in [0.29, 0.717) is 40.1 Å². The first kappa shape index (κ1) is 22.1. The summed E-state index contributed by atoms with van der Waals surface area (Å²) in [5.74, 6) is -0.117. The molecule has 0 aliphatic carbocycles. The van der Waals surface area contributed by atoms with Crippen molar-refractivity contribution < 1.29 is 14.3 Å². The molecule has 0 spiro atoms. The summed E-state index contributed by atoms with van der Waals surface area (Å²) in [6, 6.07) is 11.5. The summed E-state index contributed by atoms with van der Waals surface area (Å²) in [5.41, 5.74) is 1.65. The number of carbonyl (C=O) groups is 2. The smallest absolute Gasteiger partial charge is 0.258 e. The minimum Gasteiger partial charge on any atom is -0.496 e. The van der Waals surface area contributed by atoms with Gasteiger partial charge >= 0.3 is 0 Å². The highest BCUT2D eigenvalue weighted by Gasteiger charge is 2.35. The zero-order valence-corrected chi connectivity index (χ0v) is 19.1. The van der Waals surface area contributed by atoms with Crippen molar-refractivity contribution in [1.29, 1.82) is 0 Å². The van der Waals surface area contributed by atoms with E-state index in [1.165, 1.54) is 18.9 Å². The molecular weight excluding hydrogens is 452 g/mol. The van der Waals surface area contributed by atoms with Crippen LogP contribution >= 0.6 is 23.4 Å². The average molecular weight is 473 g/mol. The Bertz CT molecular complexity index is 1150. The van der Waals surface area contributed by atoms with E-state index in [4.69, 9.17) is 16.3 Å². The van der Waals surface area contributed by atoms with Crippen LogP contribution in [0.25, 0.3) is 5.69 Å². The number of amides is 2. The highest BCUT2D eigenvalue weighted by molar-refractivity contribution is 7.98. The molecule has 11 heteroatoms. The van der Waals surface area contributed by atoms with Crippen molar-refractivity contribution in [2.24, 2.45) is 0 Å². The SMILES string of the molecule is COc1ccc(Cl)cc1C(=O)N1CCCC1C(=O)Nc1cccc(-n2nnnc2SC)c1. The number of likely N-dealkylation sites (tertiary alicyclic amines) is 1. The van der Waals surface area contributed by atoms with Gasteiger partial charge in [0.05, 0.1) is 18.4 Å². The molecule has 4 rings (SSSR count). The van der Waals surface area contributed by atoms with Crippen LogP contribution in [0.5, 0.6) is 5.75 Å². The molecule has 166 valence electrons. The Balaban J connectivity index is 1.53. The number of rotatable bonds is 6. The highest BCUT2D eigenvalue weighted by Crippen LogP contribution is 2.28. The number of tetrazole rings is 1. The van der Waals surface area contributed by atoms with E-state index in [9.17, 15) is 9.59 Å². The lowest BCUT2D eigenvalue weighted by atomic mass is 10.1. The molecule has 1 aliphatic rings. The van der Waals surface area contributed by atoms with E-state index in [0.717, 1.165) is 12.1 Å². The van der Waals surface area contributed by atoms with E-state index < -0.39 is 6.04 Å². The molecule has 2 amide bonds. The minimum absolute atomic E-state index is 0.254. The van der Waals surface area contributed by atoms with Gasteiger partial charge in [0.1, 0.15) is 11.8 Å². The Morgan fingerprint density at radius 2 is 2.09 bits per heavy atom. The second-order valence-corrected chi connectivity index (χ2v) is 8.33. The van der Waals surface area contributed by atoms with E-state index in [1.54, 1.807) is 39.9 Å². The van der Waals surface area contributed by atoms with E-state index in [-0.39, 0.29) is 11.8 Å². The number of halogens is 1. The minimum atomic E-state index is -0.593. The summed E-state index contributed by atoms with van der Waals surface area (Å²) in [6.45, 7) is 0.480. The monoisotopic (exact) mass is 472 g/mol. The normalized spacial score (nSPS) is 15.6. The molecule has 9 nitrogen and oxygen atoms in total. The maximum atomic E-state index is 13.2.